The van der Waals surface area contributed by atoms with Gasteiger partial charge in [-0.1, -0.05) is 27.2 Å². The molecule has 4 nitrogen and oxygen atoms in total. The maximum atomic E-state index is 9.33. The number of hydrogen-bond donors (Lipinski definition) is 2. The highest BCUT2D eigenvalue weighted by Crippen LogP contribution is 2.03. The number of hydrogen-bond acceptors (Lipinski definition) is 2. The number of aryl methyl sites for hydroxylation is 2. The van der Waals surface area contributed by atoms with Crippen LogP contribution in [-0.4, -0.2) is 22.3 Å². The van der Waals surface area contributed by atoms with E-state index in [2.05, 4.69) is 54.7 Å². The molecule has 0 amide bonds. The van der Waals surface area contributed by atoms with Crippen molar-refractivity contribution in [1.82, 2.24) is 9.88 Å². The molecule has 1 aromatic heterocycles. The van der Waals surface area contributed by atoms with Crippen molar-refractivity contribution < 1.29 is 26.7 Å². The van der Waals surface area contributed by atoms with Crippen molar-refractivity contribution in [3.8, 4) is 0 Å². The molecular formula is C14H28BrN3O. The Bertz CT molecular complexity index is 352. The maximum absolute atomic E-state index is 9.33. The van der Waals surface area contributed by atoms with Crippen LogP contribution in [0.2, 0.25) is 0 Å². The standard InChI is InChI=1S/C14H28N3O.BrH/c1-5-6-7-17-9-8-16(4)14(17)10-15-13(11-18)12(2)3;/h8-9,12-13,15,18H,5-7,10-11H2,1-4H3;1H/q+1;/p-1/t13-;/m1./s1. The molecule has 0 bridgehead atoms. The number of aliphatic hydroxyl groups excluding tert-OH is 1. The normalized spacial score (nSPS) is 12.5. The zero-order valence-electron chi connectivity index (χ0n) is 12.6. The van der Waals surface area contributed by atoms with E-state index >= 15 is 0 Å². The Morgan fingerprint density at radius 2 is 2.11 bits per heavy atom. The van der Waals surface area contributed by atoms with E-state index in [0.29, 0.717) is 5.92 Å². The van der Waals surface area contributed by atoms with Crippen LogP contribution in [-0.2, 0) is 20.1 Å². The molecule has 0 spiro atoms. The summed E-state index contributed by atoms with van der Waals surface area (Å²) in [5.74, 6) is 1.71. The first-order valence-electron chi connectivity index (χ1n) is 6.98. The first-order chi connectivity index (χ1) is 8.60. The van der Waals surface area contributed by atoms with Crippen LogP contribution in [0.4, 0.5) is 0 Å². The topological polar surface area (TPSA) is 41.1 Å². The van der Waals surface area contributed by atoms with E-state index in [1.807, 2.05) is 0 Å². The fraction of sp³-hybridized carbons (Fsp3) is 0.786. The zero-order valence-corrected chi connectivity index (χ0v) is 14.2. The number of rotatable bonds is 8. The minimum absolute atomic E-state index is 0. The number of nitrogens with one attached hydrogen (secondary N) is 1. The smallest absolute Gasteiger partial charge is 0.270 e. The molecule has 0 aliphatic carbocycles. The van der Waals surface area contributed by atoms with Gasteiger partial charge in [-0.3, -0.25) is 0 Å². The van der Waals surface area contributed by atoms with E-state index in [4.69, 9.17) is 0 Å². The fourth-order valence-electron chi connectivity index (χ4n) is 2.05. The quantitative estimate of drug-likeness (QED) is 0.552. The summed E-state index contributed by atoms with van der Waals surface area (Å²) in [6.07, 6.45) is 6.64. The Morgan fingerprint density at radius 3 is 2.63 bits per heavy atom. The van der Waals surface area contributed by atoms with Gasteiger partial charge in [0.15, 0.2) is 0 Å². The minimum atomic E-state index is 0. The Labute approximate surface area is 127 Å². The lowest BCUT2D eigenvalue weighted by Gasteiger charge is -2.19. The van der Waals surface area contributed by atoms with Crippen LogP contribution in [0.15, 0.2) is 12.4 Å². The number of unbranched alkanes of at least 4 members (excludes halogenated alkanes) is 1. The van der Waals surface area contributed by atoms with Crippen molar-refractivity contribution in [2.45, 2.75) is 52.7 Å². The van der Waals surface area contributed by atoms with Crippen LogP contribution in [0, 0.1) is 5.92 Å². The molecule has 1 aromatic rings. The Kier molecular flexibility index (Phi) is 9.31. The summed E-state index contributed by atoms with van der Waals surface area (Å²) in [5, 5.41) is 12.8. The molecule has 2 N–H and O–H groups in total. The second kappa shape index (κ2) is 9.50. The first-order valence-corrected chi connectivity index (χ1v) is 6.98. The zero-order chi connectivity index (χ0) is 13.5. The van der Waals surface area contributed by atoms with Crippen LogP contribution in [0.1, 0.15) is 39.4 Å². The highest BCUT2D eigenvalue weighted by atomic mass is 79.9. The molecule has 0 aliphatic rings. The van der Waals surface area contributed by atoms with Crippen molar-refractivity contribution in [3.63, 3.8) is 0 Å². The molecule has 0 unspecified atom stereocenters. The number of imidazole rings is 1. The van der Waals surface area contributed by atoms with Crippen LogP contribution < -0.4 is 26.9 Å². The number of aliphatic hydroxyl groups is 1. The lowest BCUT2D eigenvalue weighted by atomic mass is 10.1. The van der Waals surface area contributed by atoms with Crippen molar-refractivity contribution in [1.29, 1.82) is 0 Å². The summed E-state index contributed by atoms with van der Waals surface area (Å²) < 4.78 is 4.45. The summed E-state index contributed by atoms with van der Waals surface area (Å²) in [6.45, 7) is 8.53. The van der Waals surface area contributed by atoms with Crippen molar-refractivity contribution in [3.05, 3.63) is 18.2 Å². The van der Waals surface area contributed by atoms with Crippen LogP contribution >= 0.6 is 0 Å². The average molecular weight is 334 g/mol. The molecule has 0 aromatic carbocycles. The minimum Gasteiger partial charge on any atom is -1.00 e. The Morgan fingerprint density at radius 1 is 1.42 bits per heavy atom. The largest absolute Gasteiger partial charge is 1.00 e. The molecule has 19 heavy (non-hydrogen) atoms. The molecule has 0 fully saturated rings. The van der Waals surface area contributed by atoms with Gasteiger partial charge in [0.05, 0.1) is 26.7 Å². The summed E-state index contributed by atoms with van der Waals surface area (Å²) in [6, 6.07) is 0.166. The molecule has 0 aliphatic heterocycles. The second-order valence-corrected chi connectivity index (χ2v) is 5.29. The van der Waals surface area contributed by atoms with E-state index < -0.39 is 0 Å². The maximum Gasteiger partial charge on any atom is 0.270 e. The van der Waals surface area contributed by atoms with Gasteiger partial charge in [0.25, 0.3) is 5.82 Å². The van der Waals surface area contributed by atoms with Gasteiger partial charge in [-0.2, -0.15) is 0 Å². The Hall–Kier alpha value is -0.390. The van der Waals surface area contributed by atoms with E-state index in [0.717, 1.165) is 13.1 Å². The van der Waals surface area contributed by atoms with Crippen molar-refractivity contribution in [2.75, 3.05) is 6.61 Å². The molecular weight excluding hydrogens is 306 g/mol. The van der Waals surface area contributed by atoms with Gasteiger partial charge in [-0.15, -0.1) is 0 Å². The molecule has 0 radical (unpaired) electrons. The summed E-state index contributed by atoms with van der Waals surface area (Å²) in [7, 11) is 2.07. The number of aromatic nitrogens is 2. The van der Waals surface area contributed by atoms with Gasteiger partial charge in [0.2, 0.25) is 0 Å². The third-order valence-corrected chi connectivity index (χ3v) is 3.49. The van der Waals surface area contributed by atoms with Gasteiger partial charge in [0.1, 0.15) is 12.4 Å². The van der Waals surface area contributed by atoms with Crippen LogP contribution in [0.25, 0.3) is 0 Å². The highest BCUT2D eigenvalue weighted by Gasteiger charge is 2.17. The molecule has 112 valence electrons. The average Bonchev–Trinajstić information content (AvgIpc) is 2.68. The molecule has 1 atom stereocenters. The summed E-state index contributed by atoms with van der Waals surface area (Å²) in [5.41, 5.74) is 0. The van der Waals surface area contributed by atoms with Gasteiger partial charge in [-0.25, -0.2) is 9.13 Å². The molecule has 5 heteroatoms. The molecule has 1 rings (SSSR count). The molecule has 1 heterocycles. The van der Waals surface area contributed by atoms with Gasteiger partial charge >= 0.3 is 0 Å². The van der Waals surface area contributed by atoms with Gasteiger partial charge in [0, 0.05) is 6.04 Å². The third-order valence-electron chi connectivity index (χ3n) is 3.49. The van der Waals surface area contributed by atoms with E-state index in [1.54, 1.807) is 0 Å². The first kappa shape index (κ1) is 18.6. The fourth-order valence-corrected chi connectivity index (χ4v) is 2.05. The van der Waals surface area contributed by atoms with Crippen molar-refractivity contribution >= 4 is 0 Å². The number of nitrogens with zero attached hydrogens (tertiary/aromatic N) is 2. The SMILES string of the molecule is CCCCn1cc[n+](C)c1CN[C@H](CO)C(C)C.[Br-]. The third kappa shape index (κ3) is 5.63. The van der Waals surface area contributed by atoms with Gasteiger partial charge < -0.3 is 27.4 Å². The van der Waals surface area contributed by atoms with Crippen LogP contribution in [0.3, 0.4) is 0 Å². The highest BCUT2D eigenvalue weighted by molar-refractivity contribution is 4.85. The number of halogens is 1. The molecule has 0 saturated heterocycles. The van der Waals surface area contributed by atoms with Crippen LogP contribution in [0.5, 0.6) is 0 Å². The molecule has 0 saturated carbocycles. The second-order valence-electron chi connectivity index (χ2n) is 5.29. The lowest BCUT2D eigenvalue weighted by molar-refractivity contribution is -0.679. The van der Waals surface area contributed by atoms with E-state index in [-0.39, 0.29) is 29.6 Å². The Balaban J connectivity index is 0.00000324. The van der Waals surface area contributed by atoms with Crippen molar-refractivity contribution in [2.24, 2.45) is 13.0 Å². The summed E-state index contributed by atoms with van der Waals surface area (Å²) in [4.78, 5) is 0. The van der Waals surface area contributed by atoms with E-state index in [1.165, 1.54) is 18.7 Å². The lowest BCUT2D eigenvalue weighted by Crippen LogP contribution is -3.00. The predicted octanol–water partition coefficient (Wildman–Crippen LogP) is -1.78. The monoisotopic (exact) mass is 333 g/mol. The summed E-state index contributed by atoms with van der Waals surface area (Å²) >= 11 is 0. The van der Waals surface area contributed by atoms with Gasteiger partial charge in [-0.05, 0) is 12.3 Å². The van der Waals surface area contributed by atoms with E-state index in [9.17, 15) is 5.11 Å². The predicted molar refractivity (Wildman–Crippen MR) is 73.1 cm³/mol.